The number of nitrogens with one attached hydrogen (secondary N) is 1. The zero-order chi connectivity index (χ0) is 28.6. The number of carbonyl (C=O) groups excluding carboxylic acids is 3. The largest absolute Gasteiger partial charge is 0.373 e. The average molecular weight is 532 g/mol. The molecule has 1 amide bonds. The molecule has 4 aromatic carbocycles. The van der Waals surface area contributed by atoms with Crippen molar-refractivity contribution in [2.45, 2.75) is 46.2 Å². The maximum absolute atomic E-state index is 13.1. The summed E-state index contributed by atoms with van der Waals surface area (Å²) in [4.78, 5) is 34.1. The summed E-state index contributed by atoms with van der Waals surface area (Å²) < 4.78 is 2.20. The molecule has 0 aliphatic rings. The highest BCUT2D eigenvalue weighted by atomic mass is 16.2. The van der Waals surface area contributed by atoms with Crippen molar-refractivity contribution in [3.63, 3.8) is 0 Å². The molecule has 6 nitrogen and oxygen atoms in total. The average Bonchev–Trinajstić information content (AvgIpc) is 3.28. The van der Waals surface area contributed by atoms with Gasteiger partial charge in [-0.2, -0.15) is 9.59 Å². The van der Waals surface area contributed by atoms with E-state index in [-0.39, 0.29) is 18.1 Å². The molecule has 6 heteroatoms. The van der Waals surface area contributed by atoms with Crippen LogP contribution in [0.25, 0.3) is 22.2 Å². The van der Waals surface area contributed by atoms with Crippen LogP contribution in [0.4, 0.5) is 0 Å². The van der Waals surface area contributed by atoms with Crippen LogP contribution in [0, 0.1) is 6.92 Å². The van der Waals surface area contributed by atoms with Crippen molar-refractivity contribution in [1.29, 1.82) is 0 Å². The summed E-state index contributed by atoms with van der Waals surface area (Å²) in [5, 5.41) is 3.15. The first kappa shape index (κ1) is 28.2. The molecule has 0 unspecified atom stereocenters. The molecule has 0 saturated heterocycles. The minimum Gasteiger partial charge on any atom is -0.346 e. The van der Waals surface area contributed by atoms with E-state index >= 15 is 0 Å². The van der Waals surface area contributed by atoms with E-state index in [9.17, 15) is 4.79 Å². The van der Waals surface area contributed by atoms with Gasteiger partial charge in [0.05, 0.1) is 17.1 Å². The van der Waals surface area contributed by atoms with Gasteiger partial charge in [-0.25, -0.2) is 4.98 Å². The van der Waals surface area contributed by atoms with Gasteiger partial charge in [0, 0.05) is 12.1 Å². The number of fused-ring (bicyclic) bond motifs is 1. The molecule has 1 aromatic heterocycles. The third-order valence-corrected chi connectivity index (χ3v) is 7.03. The molecule has 1 N–H and O–H groups in total. The Hall–Kier alpha value is -4.80. The lowest BCUT2D eigenvalue weighted by Gasteiger charge is -2.16. The molecule has 0 bridgehead atoms. The van der Waals surface area contributed by atoms with E-state index in [1.54, 1.807) is 0 Å². The predicted octanol–water partition coefficient (Wildman–Crippen LogP) is 7.09. The minimum absolute atomic E-state index is 0.0833. The fourth-order valence-electron chi connectivity index (χ4n) is 4.76. The second-order valence-electron chi connectivity index (χ2n) is 10.1. The van der Waals surface area contributed by atoms with Crippen molar-refractivity contribution in [2.24, 2.45) is 0 Å². The Morgan fingerprint density at radius 3 is 2.15 bits per heavy atom. The second kappa shape index (κ2) is 12.8. The zero-order valence-corrected chi connectivity index (χ0v) is 23.2. The first-order chi connectivity index (χ1) is 19.3. The first-order valence-corrected chi connectivity index (χ1v) is 13.3. The summed E-state index contributed by atoms with van der Waals surface area (Å²) in [7, 11) is 0. The third kappa shape index (κ3) is 6.60. The van der Waals surface area contributed by atoms with Crippen LogP contribution in [0.1, 0.15) is 65.6 Å². The number of aryl methyl sites for hydroxylation is 1. The van der Waals surface area contributed by atoms with Gasteiger partial charge in [-0.15, -0.1) is 0 Å². The molecule has 0 fully saturated rings. The molecule has 0 aliphatic heterocycles. The van der Waals surface area contributed by atoms with Crippen LogP contribution < -0.4 is 5.32 Å². The van der Waals surface area contributed by atoms with Gasteiger partial charge in [0.1, 0.15) is 5.82 Å². The van der Waals surface area contributed by atoms with Gasteiger partial charge in [0.25, 0.3) is 5.91 Å². The molecule has 0 saturated carbocycles. The summed E-state index contributed by atoms with van der Waals surface area (Å²) in [5.74, 6) is 1.29. The van der Waals surface area contributed by atoms with Gasteiger partial charge < -0.3 is 9.88 Å². The first-order valence-electron chi connectivity index (χ1n) is 13.3. The van der Waals surface area contributed by atoms with E-state index in [1.165, 1.54) is 22.3 Å². The van der Waals surface area contributed by atoms with Crippen molar-refractivity contribution in [1.82, 2.24) is 14.9 Å². The summed E-state index contributed by atoms with van der Waals surface area (Å²) in [6.07, 6.45) is 0.250. The van der Waals surface area contributed by atoms with Gasteiger partial charge in [0.15, 0.2) is 0 Å². The number of carbonyl (C=O) groups is 1. The fourth-order valence-corrected chi connectivity index (χ4v) is 4.76. The molecule has 0 aliphatic carbocycles. The van der Waals surface area contributed by atoms with Gasteiger partial charge >= 0.3 is 6.15 Å². The Morgan fingerprint density at radius 2 is 1.48 bits per heavy atom. The summed E-state index contributed by atoms with van der Waals surface area (Å²) in [6, 6.07) is 33.2. The summed E-state index contributed by atoms with van der Waals surface area (Å²) in [6.45, 7) is 9.13. The Morgan fingerprint density at radius 1 is 0.825 bits per heavy atom. The van der Waals surface area contributed by atoms with Crippen molar-refractivity contribution in [3.8, 4) is 11.1 Å². The van der Waals surface area contributed by atoms with Gasteiger partial charge in [-0.05, 0) is 65.8 Å². The maximum Gasteiger partial charge on any atom is 0.373 e. The molecule has 202 valence electrons. The highest BCUT2D eigenvalue weighted by Crippen LogP contribution is 2.24. The topological polar surface area (TPSA) is 81.1 Å². The van der Waals surface area contributed by atoms with E-state index in [2.05, 4.69) is 96.5 Å². The van der Waals surface area contributed by atoms with Gasteiger partial charge in [-0.3, -0.25) is 4.79 Å². The van der Waals surface area contributed by atoms with Crippen LogP contribution in [0.3, 0.4) is 0 Å². The molecule has 1 atom stereocenters. The number of hydrogen-bond acceptors (Lipinski definition) is 4. The molecule has 1 heterocycles. The summed E-state index contributed by atoms with van der Waals surface area (Å²) >= 11 is 0. The summed E-state index contributed by atoms with van der Waals surface area (Å²) in [5.41, 5.74) is 8.50. The van der Waals surface area contributed by atoms with Crippen molar-refractivity contribution >= 4 is 23.1 Å². The number of aromatic nitrogens is 2. The Bertz CT molecular complexity index is 1630. The highest BCUT2D eigenvalue weighted by Gasteiger charge is 2.15. The van der Waals surface area contributed by atoms with E-state index in [0.717, 1.165) is 29.0 Å². The molecule has 40 heavy (non-hydrogen) atoms. The highest BCUT2D eigenvalue weighted by molar-refractivity contribution is 5.97. The molecule has 5 rings (SSSR count). The lowest BCUT2D eigenvalue weighted by Crippen LogP contribution is -2.26. The maximum atomic E-state index is 13.1. The smallest absolute Gasteiger partial charge is 0.346 e. The second-order valence-corrected chi connectivity index (χ2v) is 10.1. The van der Waals surface area contributed by atoms with Crippen LogP contribution >= 0.6 is 0 Å². The van der Waals surface area contributed by atoms with Gasteiger partial charge in [0.2, 0.25) is 0 Å². The zero-order valence-electron chi connectivity index (χ0n) is 23.2. The Kier molecular flexibility index (Phi) is 9.05. The normalized spacial score (nSPS) is 11.4. The van der Waals surface area contributed by atoms with Crippen LogP contribution in [0.15, 0.2) is 97.1 Å². The molecular formula is C34H33N3O3. The van der Waals surface area contributed by atoms with Crippen LogP contribution in [0.5, 0.6) is 0 Å². The van der Waals surface area contributed by atoms with Gasteiger partial charge in [-0.1, -0.05) is 92.7 Å². The van der Waals surface area contributed by atoms with Crippen molar-refractivity contribution in [3.05, 3.63) is 125 Å². The lowest BCUT2D eigenvalue weighted by atomic mass is 9.98. The third-order valence-electron chi connectivity index (χ3n) is 7.03. The number of rotatable bonds is 7. The number of imidazole rings is 1. The Balaban J connectivity index is 0.00000118. The van der Waals surface area contributed by atoms with Crippen LogP contribution in [-0.4, -0.2) is 21.6 Å². The molecule has 0 radical (unpaired) electrons. The standard InChI is InChI=1S/C33H33N3O.CO2/c1-22(2)28-11-8-12-29(19-28)23(3)34-33(37)30-17-18-32-31(20-30)35-24(4)36(32)21-25-13-15-27(16-14-25)26-9-6-5-7-10-26;2-1-3/h5-20,22-23H,21H2,1-4H3,(H,34,37);/t23-;/m0./s1. The van der Waals surface area contributed by atoms with Crippen molar-refractivity contribution in [2.75, 3.05) is 0 Å². The monoisotopic (exact) mass is 531 g/mol. The number of hydrogen-bond donors (Lipinski definition) is 1. The SMILES string of the molecule is Cc1nc2cc(C(=O)N[C@@H](C)c3cccc(C(C)C)c3)ccc2n1Cc1ccc(-c2ccccc2)cc1.O=C=O. The predicted molar refractivity (Wildman–Crippen MR) is 157 cm³/mol. The number of nitrogens with zero attached hydrogens (tertiary/aromatic N) is 2. The molecular weight excluding hydrogens is 498 g/mol. The van der Waals surface area contributed by atoms with E-state index in [4.69, 9.17) is 14.6 Å². The number of benzene rings is 4. The quantitative estimate of drug-likeness (QED) is 0.243. The molecule has 5 aromatic rings. The van der Waals surface area contributed by atoms with E-state index in [0.29, 0.717) is 11.5 Å². The minimum atomic E-state index is -0.0898. The molecule has 0 spiro atoms. The van der Waals surface area contributed by atoms with Crippen molar-refractivity contribution < 1.29 is 14.4 Å². The van der Waals surface area contributed by atoms with E-state index in [1.807, 2.05) is 38.1 Å². The number of amides is 1. The Labute approximate surface area is 234 Å². The fraction of sp³-hybridized carbons (Fsp3) is 0.206. The van der Waals surface area contributed by atoms with Crippen LogP contribution in [-0.2, 0) is 16.1 Å². The lowest BCUT2D eigenvalue weighted by molar-refractivity contribution is -0.191. The van der Waals surface area contributed by atoms with Crippen LogP contribution in [0.2, 0.25) is 0 Å². The van der Waals surface area contributed by atoms with E-state index < -0.39 is 0 Å².